The van der Waals surface area contributed by atoms with Crippen LogP contribution in [0.25, 0.3) is 6.20 Å². The van der Waals surface area contributed by atoms with E-state index in [9.17, 15) is 0 Å². The third kappa shape index (κ3) is 1.69. The summed E-state index contributed by atoms with van der Waals surface area (Å²) >= 11 is 0. The van der Waals surface area contributed by atoms with Crippen LogP contribution in [0, 0.1) is 0 Å². The molecule has 0 atom stereocenters. The first kappa shape index (κ1) is 11.4. The fourth-order valence-electron chi connectivity index (χ4n) is 1.71. The summed E-state index contributed by atoms with van der Waals surface area (Å²) in [6.45, 7) is 11.8. The van der Waals surface area contributed by atoms with Gasteiger partial charge in [0, 0.05) is 5.22 Å². The number of rotatable bonds is 1. The van der Waals surface area contributed by atoms with E-state index in [1.807, 2.05) is 6.20 Å². The van der Waals surface area contributed by atoms with Gasteiger partial charge in [-0.2, -0.15) is 10.5 Å². The van der Waals surface area contributed by atoms with Crippen molar-refractivity contribution in [1.29, 1.82) is 0 Å². The number of nitrogens with zero attached hydrogens (tertiary/aromatic N) is 2. The molecule has 0 aromatic heterocycles. The van der Waals surface area contributed by atoms with Crippen molar-refractivity contribution < 1.29 is 0 Å². The summed E-state index contributed by atoms with van der Waals surface area (Å²) < 4.78 is 0. The Hall–Kier alpha value is -1.09. The van der Waals surface area contributed by atoms with Gasteiger partial charge in [0.05, 0.1) is 19.6 Å². The fourth-order valence-corrected chi connectivity index (χ4v) is 3.58. The Balaban J connectivity index is 2.56. The first-order valence-electron chi connectivity index (χ1n) is 5.71. The molecule has 0 N–H and O–H groups in total. The quantitative estimate of drug-likeness (QED) is 0.651. The average Bonchev–Trinajstić information content (AvgIpc) is 2.61. The second-order valence-electron chi connectivity index (χ2n) is 5.99. The van der Waals surface area contributed by atoms with Crippen LogP contribution in [0.3, 0.4) is 0 Å². The Bertz CT molecular complexity index is 524. The van der Waals surface area contributed by atoms with Crippen molar-refractivity contribution in [3.8, 4) is 0 Å². The van der Waals surface area contributed by atoms with Crippen LogP contribution in [0.5, 0.6) is 0 Å². The van der Waals surface area contributed by atoms with Crippen LogP contribution in [0.2, 0.25) is 18.1 Å². The first-order valence-corrected chi connectivity index (χ1v) is 8.71. The van der Waals surface area contributed by atoms with Crippen LogP contribution in [0.1, 0.15) is 20.8 Å². The molecular formula is C13H19N2Si. The molecule has 1 aliphatic rings. The van der Waals surface area contributed by atoms with Gasteiger partial charge in [-0.1, -0.05) is 51.2 Å². The molecular weight excluding hydrogens is 212 g/mol. The number of benzene rings is 1. The molecule has 1 heterocycles. The second-order valence-corrected chi connectivity index (χ2v) is 11.3. The summed E-state index contributed by atoms with van der Waals surface area (Å²) in [5.74, 6) is 0. The maximum Gasteiger partial charge on any atom is 0.0944 e. The Morgan fingerprint density at radius 3 is 2.44 bits per heavy atom. The number of hydrogen-bond acceptors (Lipinski definition) is 1. The monoisotopic (exact) mass is 231 g/mol. The highest BCUT2D eigenvalue weighted by Gasteiger charge is 2.36. The van der Waals surface area contributed by atoms with E-state index in [0.29, 0.717) is 5.04 Å². The largest absolute Gasteiger partial charge is 0.158 e. The topological polar surface area (TPSA) is 26.5 Å². The van der Waals surface area contributed by atoms with E-state index in [-0.39, 0.29) is 0 Å². The standard InChI is InChI=1S/C13H19N2Si/c1-13(2,3)16(4,5)11-7-6-10-9-14-15-12(10)8-11/h6-9H,1-5H3. The van der Waals surface area contributed by atoms with Crippen LogP contribution in [0.4, 0.5) is 0 Å². The van der Waals surface area contributed by atoms with E-state index in [1.54, 1.807) is 0 Å². The van der Waals surface area contributed by atoms with E-state index >= 15 is 0 Å². The normalized spacial score (nSPS) is 14.8. The van der Waals surface area contributed by atoms with Gasteiger partial charge >= 0.3 is 0 Å². The van der Waals surface area contributed by atoms with Gasteiger partial charge in [0.15, 0.2) is 0 Å². The Labute approximate surface area is 98.1 Å². The van der Waals surface area contributed by atoms with Gasteiger partial charge in [0.2, 0.25) is 0 Å². The van der Waals surface area contributed by atoms with Gasteiger partial charge in [-0.15, -0.1) is 0 Å². The van der Waals surface area contributed by atoms with Gasteiger partial charge in [0.1, 0.15) is 0 Å². The third-order valence-electron chi connectivity index (χ3n) is 3.99. The van der Waals surface area contributed by atoms with Crippen LogP contribution in [0.15, 0.2) is 23.3 Å². The highest BCUT2D eigenvalue weighted by atomic mass is 28.3. The Kier molecular flexibility index (Phi) is 2.46. The third-order valence-corrected chi connectivity index (χ3v) is 9.49. The lowest BCUT2D eigenvalue weighted by Gasteiger charge is -2.37. The van der Waals surface area contributed by atoms with Gasteiger partial charge in [-0.3, -0.25) is 0 Å². The molecule has 1 radical (unpaired) electrons. The molecule has 0 unspecified atom stereocenters. The molecule has 85 valence electrons. The van der Waals surface area contributed by atoms with Crippen molar-refractivity contribution in [3.05, 3.63) is 28.8 Å². The van der Waals surface area contributed by atoms with Crippen LogP contribution in [-0.2, 0) is 0 Å². The van der Waals surface area contributed by atoms with Crippen molar-refractivity contribution in [2.24, 2.45) is 5.10 Å². The van der Waals surface area contributed by atoms with Crippen molar-refractivity contribution in [3.63, 3.8) is 0 Å². The summed E-state index contributed by atoms with van der Waals surface area (Å²) in [6, 6.07) is 6.62. The maximum atomic E-state index is 4.15. The average molecular weight is 231 g/mol. The highest BCUT2D eigenvalue weighted by Crippen LogP contribution is 2.35. The van der Waals surface area contributed by atoms with Crippen molar-refractivity contribution >= 4 is 19.5 Å². The van der Waals surface area contributed by atoms with Crippen molar-refractivity contribution in [1.82, 2.24) is 5.43 Å². The minimum atomic E-state index is -1.44. The molecule has 0 saturated carbocycles. The van der Waals surface area contributed by atoms with Gasteiger partial charge < -0.3 is 0 Å². The molecule has 2 nitrogen and oxygen atoms in total. The molecule has 2 rings (SSSR count). The second kappa shape index (κ2) is 3.45. The zero-order valence-electron chi connectivity index (χ0n) is 10.7. The molecule has 1 aromatic carbocycles. The summed E-state index contributed by atoms with van der Waals surface area (Å²) in [4.78, 5) is 0. The summed E-state index contributed by atoms with van der Waals surface area (Å²) in [6.07, 6.45) is 1.82. The zero-order valence-corrected chi connectivity index (χ0v) is 11.7. The summed E-state index contributed by atoms with van der Waals surface area (Å²) in [5, 5.41) is 8.15. The van der Waals surface area contributed by atoms with E-state index in [2.05, 4.69) is 62.6 Å². The lowest BCUT2D eigenvalue weighted by atomic mass is 10.2. The molecule has 16 heavy (non-hydrogen) atoms. The van der Waals surface area contributed by atoms with Gasteiger partial charge in [0.25, 0.3) is 0 Å². The van der Waals surface area contributed by atoms with E-state index in [4.69, 9.17) is 0 Å². The number of fused-ring (bicyclic) bond motifs is 1. The van der Waals surface area contributed by atoms with Gasteiger partial charge in [-0.25, -0.2) is 0 Å². The molecule has 0 amide bonds. The molecule has 0 spiro atoms. The SMILES string of the molecule is CC(C)(C)[Si](C)(C)c1ccc2c(c1)=N[N]C=2. The van der Waals surface area contributed by atoms with Crippen molar-refractivity contribution in [2.75, 3.05) is 0 Å². The van der Waals surface area contributed by atoms with Crippen molar-refractivity contribution in [2.45, 2.75) is 38.9 Å². The molecule has 0 fully saturated rings. The first-order chi connectivity index (χ1) is 7.32. The smallest absolute Gasteiger partial charge is 0.0944 e. The summed E-state index contributed by atoms with van der Waals surface area (Å²) in [7, 11) is -1.44. The predicted molar refractivity (Wildman–Crippen MR) is 70.7 cm³/mol. The highest BCUT2D eigenvalue weighted by molar-refractivity contribution is 6.92. The maximum absolute atomic E-state index is 4.15. The van der Waals surface area contributed by atoms with E-state index in [0.717, 1.165) is 10.6 Å². The molecule has 0 saturated heterocycles. The minimum Gasteiger partial charge on any atom is -0.158 e. The van der Waals surface area contributed by atoms with E-state index < -0.39 is 8.07 Å². The van der Waals surface area contributed by atoms with Gasteiger partial charge in [-0.05, 0) is 11.1 Å². The van der Waals surface area contributed by atoms with Crippen LogP contribution in [-0.4, -0.2) is 8.07 Å². The van der Waals surface area contributed by atoms with E-state index in [1.165, 1.54) is 5.19 Å². The fraction of sp³-hybridized carbons (Fsp3) is 0.462. The lowest BCUT2D eigenvalue weighted by molar-refractivity contribution is 0.729. The Morgan fingerprint density at radius 2 is 1.81 bits per heavy atom. The van der Waals surface area contributed by atoms with Crippen LogP contribution >= 0.6 is 0 Å². The Morgan fingerprint density at radius 1 is 1.12 bits per heavy atom. The van der Waals surface area contributed by atoms with Crippen LogP contribution < -0.4 is 21.2 Å². The molecule has 0 bridgehead atoms. The number of hydrogen-bond donors (Lipinski definition) is 0. The summed E-state index contributed by atoms with van der Waals surface area (Å²) in [5.41, 5.74) is 3.95. The predicted octanol–water partition coefficient (Wildman–Crippen LogP) is 1.29. The minimum absolute atomic E-state index is 0.362. The molecule has 3 heteroatoms. The molecule has 1 aliphatic heterocycles. The zero-order chi connectivity index (χ0) is 12.0. The molecule has 0 aliphatic carbocycles. The molecule has 1 aromatic rings. The lowest BCUT2D eigenvalue weighted by Crippen LogP contribution is -2.51.